The Labute approximate surface area is 72.1 Å². The van der Waals surface area contributed by atoms with Gasteiger partial charge in [-0.2, -0.15) is 11.8 Å². The summed E-state index contributed by atoms with van der Waals surface area (Å²) < 4.78 is 0. The summed E-state index contributed by atoms with van der Waals surface area (Å²) in [5.41, 5.74) is 5.12. The quantitative estimate of drug-likeness (QED) is 0.569. The van der Waals surface area contributed by atoms with Gasteiger partial charge < -0.3 is 11.1 Å². The Morgan fingerprint density at radius 2 is 2.36 bits per heavy atom. The van der Waals surface area contributed by atoms with Crippen molar-refractivity contribution in [3.63, 3.8) is 0 Å². The molecular weight excluding hydrogens is 160 g/mol. The summed E-state index contributed by atoms with van der Waals surface area (Å²) in [6, 6.07) is -0.151. The summed E-state index contributed by atoms with van der Waals surface area (Å²) in [6.45, 7) is 0. The van der Waals surface area contributed by atoms with Crippen LogP contribution in [-0.2, 0) is 4.79 Å². The standard InChI is InChI=1S/C7H16N2OS/c1-9-6(7(8)10)4-3-5-11-2/h6,9H,3-5H2,1-2H3,(H2,8,10). The van der Waals surface area contributed by atoms with E-state index in [-0.39, 0.29) is 11.9 Å². The summed E-state index contributed by atoms with van der Waals surface area (Å²) in [4.78, 5) is 10.7. The number of primary amides is 1. The van der Waals surface area contributed by atoms with Crippen LogP contribution in [0.3, 0.4) is 0 Å². The van der Waals surface area contributed by atoms with Gasteiger partial charge in [-0.1, -0.05) is 0 Å². The molecule has 0 radical (unpaired) electrons. The number of nitrogens with one attached hydrogen (secondary N) is 1. The highest BCUT2D eigenvalue weighted by molar-refractivity contribution is 7.98. The highest BCUT2D eigenvalue weighted by Crippen LogP contribution is 2.02. The Hall–Kier alpha value is -0.220. The molecule has 3 nitrogen and oxygen atoms in total. The fraction of sp³-hybridized carbons (Fsp3) is 0.857. The van der Waals surface area contributed by atoms with Crippen LogP contribution in [0.1, 0.15) is 12.8 Å². The van der Waals surface area contributed by atoms with Crippen LogP contribution in [0.25, 0.3) is 0 Å². The second-order valence-corrected chi connectivity index (χ2v) is 3.36. The second-order valence-electron chi connectivity index (χ2n) is 2.38. The topological polar surface area (TPSA) is 55.1 Å². The van der Waals surface area contributed by atoms with Gasteiger partial charge in [-0.25, -0.2) is 0 Å². The van der Waals surface area contributed by atoms with E-state index in [2.05, 4.69) is 11.6 Å². The number of nitrogens with two attached hydrogens (primary N) is 1. The molecule has 66 valence electrons. The molecule has 0 aliphatic carbocycles. The van der Waals surface area contributed by atoms with Crippen LogP contribution in [0.4, 0.5) is 0 Å². The van der Waals surface area contributed by atoms with Crippen molar-refractivity contribution < 1.29 is 4.79 Å². The molecule has 0 saturated carbocycles. The van der Waals surface area contributed by atoms with Gasteiger partial charge in [-0.05, 0) is 31.9 Å². The maximum atomic E-state index is 10.7. The summed E-state index contributed by atoms with van der Waals surface area (Å²) in [5.74, 6) is 0.833. The average Bonchev–Trinajstić information content (AvgIpc) is 1.97. The molecule has 0 rings (SSSR count). The molecule has 0 fully saturated rings. The van der Waals surface area contributed by atoms with E-state index in [1.807, 2.05) is 0 Å². The summed E-state index contributed by atoms with van der Waals surface area (Å²) in [7, 11) is 1.76. The first-order chi connectivity index (χ1) is 5.22. The van der Waals surface area contributed by atoms with Gasteiger partial charge in [0.25, 0.3) is 0 Å². The maximum absolute atomic E-state index is 10.7. The lowest BCUT2D eigenvalue weighted by Crippen LogP contribution is -2.39. The summed E-state index contributed by atoms with van der Waals surface area (Å²) in [5, 5.41) is 2.88. The van der Waals surface area contributed by atoms with Gasteiger partial charge >= 0.3 is 0 Å². The van der Waals surface area contributed by atoms with Gasteiger partial charge in [-0.3, -0.25) is 4.79 Å². The second kappa shape index (κ2) is 6.49. The lowest BCUT2D eigenvalue weighted by molar-refractivity contribution is -0.120. The van der Waals surface area contributed by atoms with Crippen LogP contribution < -0.4 is 11.1 Å². The zero-order chi connectivity index (χ0) is 8.69. The van der Waals surface area contributed by atoms with E-state index in [0.29, 0.717) is 0 Å². The van der Waals surface area contributed by atoms with Gasteiger partial charge in [0.05, 0.1) is 6.04 Å². The lowest BCUT2D eigenvalue weighted by Gasteiger charge is -2.10. The number of amides is 1. The first-order valence-corrected chi connectivity index (χ1v) is 5.07. The fourth-order valence-corrected chi connectivity index (χ4v) is 1.32. The first kappa shape index (κ1) is 10.8. The van der Waals surface area contributed by atoms with Crippen molar-refractivity contribution in [3.8, 4) is 0 Å². The number of hydrogen-bond donors (Lipinski definition) is 2. The van der Waals surface area contributed by atoms with E-state index in [0.717, 1.165) is 18.6 Å². The van der Waals surface area contributed by atoms with Crippen molar-refractivity contribution >= 4 is 17.7 Å². The van der Waals surface area contributed by atoms with Gasteiger partial charge in [-0.15, -0.1) is 0 Å². The average molecular weight is 176 g/mol. The molecule has 11 heavy (non-hydrogen) atoms. The van der Waals surface area contributed by atoms with Crippen molar-refractivity contribution in [2.45, 2.75) is 18.9 Å². The zero-order valence-electron chi connectivity index (χ0n) is 7.09. The maximum Gasteiger partial charge on any atom is 0.234 e. The highest BCUT2D eigenvalue weighted by Gasteiger charge is 2.10. The van der Waals surface area contributed by atoms with Crippen LogP contribution in [0, 0.1) is 0 Å². The van der Waals surface area contributed by atoms with Crippen LogP contribution in [0.15, 0.2) is 0 Å². The lowest BCUT2D eigenvalue weighted by atomic mass is 10.1. The van der Waals surface area contributed by atoms with Crippen LogP contribution in [0.5, 0.6) is 0 Å². The molecule has 4 heteroatoms. The molecule has 0 aliphatic heterocycles. The first-order valence-electron chi connectivity index (χ1n) is 3.68. The summed E-state index contributed by atoms with van der Waals surface area (Å²) >= 11 is 1.79. The van der Waals surface area contributed by atoms with E-state index in [1.54, 1.807) is 18.8 Å². The van der Waals surface area contributed by atoms with Crippen molar-refractivity contribution in [2.75, 3.05) is 19.1 Å². The molecule has 0 aromatic carbocycles. The number of rotatable bonds is 6. The minimum Gasteiger partial charge on any atom is -0.368 e. The molecule has 0 spiro atoms. The Morgan fingerprint density at radius 3 is 2.73 bits per heavy atom. The Balaban J connectivity index is 3.44. The normalized spacial score (nSPS) is 12.9. The Bertz CT molecular complexity index is 119. The molecule has 0 aromatic rings. The fourth-order valence-electron chi connectivity index (χ4n) is 0.861. The number of hydrogen-bond acceptors (Lipinski definition) is 3. The van der Waals surface area contributed by atoms with Gasteiger partial charge in [0.2, 0.25) is 5.91 Å². The predicted molar refractivity (Wildman–Crippen MR) is 49.7 cm³/mol. The molecule has 0 heterocycles. The van der Waals surface area contributed by atoms with E-state index in [9.17, 15) is 4.79 Å². The minimum atomic E-state index is -0.256. The van der Waals surface area contributed by atoms with E-state index < -0.39 is 0 Å². The molecule has 0 bridgehead atoms. The van der Waals surface area contributed by atoms with E-state index >= 15 is 0 Å². The molecule has 1 unspecified atom stereocenters. The van der Waals surface area contributed by atoms with Crippen LogP contribution in [0.2, 0.25) is 0 Å². The highest BCUT2D eigenvalue weighted by atomic mass is 32.2. The van der Waals surface area contributed by atoms with Crippen molar-refractivity contribution in [3.05, 3.63) is 0 Å². The monoisotopic (exact) mass is 176 g/mol. The van der Waals surface area contributed by atoms with Gasteiger partial charge in [0.15, 0.2) is 0 Å². The van der Waals surface area contributed by atoms with Crippen molar-refractivity contribution in [1.29, 1.82) is 0 Å². The summed E-state index contributed by atoms with van der Waals surface area (Å²) in [6.07, 6.45) is 3.93. The molecular formula is C7H16N2OS. The third kappa shape index (κ3) is 5.09. The van der Waals surface area contributed by atoms with E-state index in [4.69, 9.17) is 5.73 Å². The Kier molecular flexibility index (Phi) is 6.36. The molecule has 0 saturated heterocycles. The number of likely N-dealkylation sites (N-methyl/N-ethyl adjacent to an activating group) is 1. The number of thioether (sulfide) groups is 1. The van der Waals surface area contributed by atoms with Gasteiger partial charge in [0, 0.05) is 0 Å². The van der Waals surface area contributed by atoms with Crippen LogP contribution in [-0.4, -0.2) is 31.0 Å². The third-order valence-electron chi connectivity index (χ3n) is 1.53. The SMILES string of the molecule is CNC(CCCSC)C(N)=O. The third-order valence-corrected chi connectivity index (χ3v) is 2.23. The Morgan fingerprint density at radius 1 is 1.73 bits per heavy atom. The number of carbonyl (C=O) groups is 1. The molecule has 0 aliphatic rings. The van der Waals surface area contributed by atoms with Gasteiger partial charge in [0.1, 0.15) is 0 Å². The van der Waals surface area contributed by atoms with E-state index in [1.165, 1.54) is 0 Å². The predicted octanol–water partition coefficient (Wildman–Crippen LogP) is 0.203. The largest absolute Gasteiger partial charge is 0.368 e. The smallest absolute Gasteiger partial charge is 0.234 e. The molecule has 0 aromatic heterocycles. The van der Waals surface area contributed by atoms with Crippen molar-refractivity contribution in [2.24, 2.45) is 5.73 Å². The zero-order valence-corrected chi connectivity index (χ0v) is 7.91. The van der Waals surface area contributed by atoms with Crippen LogP contribution >= 0.6 is 11.8 Å². The molecule has 1 amide bonds. The minimum absolute atomic E-state index is 0.151. The molecule has 1 atom stereocenters. The van der Waals surface area contributed by atoms with Crippen molar-refractivity contribution in [1.82, 2.24) is 5.32 Å². The number of carbonyl (C=O) groups excluding carboxylic acids is 1. The molecule has 3 N–H and O–H groups in total.